The smallest absolute Gasteiger partial charge is 0.253 e. The first-order chi connectivity index (χ1) is 15.5. The average molecular weight is 437 g/mol. The Bertz CT molecular complexity index is 1020. The number of carbonyl (C=O) groups excluding carboxylic acids is 2. The zero-order valence-electron chi connectivity index (χ0n) is 18.3. The molecule has 2 N–H and O–H groups in total. The van der Waals surface area contributed by atoms with Crippen LogP contribution in [0.3, 0.4) is 0 Å². The predicted molar refractivity (Wildman–Crippen MR) is 121 cm³/mol. The van der Waals surface area contributed by atoms with Gasteiger partial charge < -0.3 is 25.2 Å². The van der Waals surface area contributed by atoms with Crippen LogP contribution >= 0.6 is 0 Å². The van der Waals surface area contributed by atoms with Gasteiger partial charge in [0.2, 0.25) is 11.9 Å². The van der Waals surface area contributed by atoms with Crippen LogP contribution in [0.5, 0.6) is 0 Å². The van der Waals surface area contributed by atoms with E-state index in [2.05, 4.69) is 20.5 Å². The summed E-state index contributed by atoms with van der Waals surface area (Å²) in [7, 11) is 0. The highest BCUT2D eigenvalue weighted by Crippen LogP contribution is 2.39. The lowest BCUT2D eigenvalue weighted by Gasteiger charge is -2.38. The lowest BCUT2D eigenvalue weighted by Crippen LogP contribution is -2.44. The molecule has 0 bridgehead atoms. The van der Waals surface area contributed by atoms with E-state index in [1.807, 2.05) is 37.4 Å². The van der Waals surface area contributed by atoms with Gasteiger partial charge in [0, 0.05) is 49.3 Å². The molecule has 1 aromatic heterocycles. The standard InChI is InChI=1S/C23H28N6O3/c1-16-14-25-22(26-17-2-4-18(5-3-17)29-12-13-32-15-19(29)30)27-20(16)28-10-7-23(8-11-28)6-9-24-21(23)31/h2-5,14H,6-13,15H2,1H3,(H,24,31)(H,25,26,27). The van der Waals surface area contributed by atoms with Gasteiger partial charge in [0.15, 0.2) is 0 Å². The maximum Gasteiger partial charge on any atom is 0.253 e. The SMILES string of the molecule is Cc1cnc(Nc2ccc(N3CCOCC3=O)cc2)nc1N1CCC2(CCNC2=O)CC1. The molecule has 3 aliphatic rings. The molecular weight excluding hydrogens is 408 g/mol. The lowest BCUT2D eigenvalue weighted by atomic mass is 9.77. The van der Waals surface area contributed by atoms with Crippen molar-refractivity contribution >= 4 is 35.0 Å². The molecule has 3 fully saturated rings. The first kappa shape index (κ1) is 20.7. The number of nitrogens with zero attached hydrogens (tertiary/aromatic N) is 4. The first-order valence-corrected chi connectivity index (χ1v) is 11.2. The summed E-state index contributed by atoms with van der Waals surface area (Å²) in [4.78, 5) is 37.5. The van der Waals surface area contributed by atoms with Gasteiger partial charge in [-0.25, -0.2) is 4.98 Å². The zero-order chi connectivity index (χ0) is 22.1. The highest BCUT2D eigenvalue weighted by molar-refractivity contribution is 5.95. The molecule has 9 heteroatoms. The Labute approximate surface area is 187 Å². The van der Waals surface area contributed by atoms with Gasteiger partial charge in [-0.05, 0) is 50.5 Å². The number of ether oxygens (including phenoxy) is 1. The second-order valence-corrected chi connectivity index (χ2v) is 8.74. The predicted octanol–water partition coefficient (Wildman–Crippen LogP) is 2.00. The third-order valence-corrected chi connectivity index (χ3v) is 6.76. The minimum Gasteiger partial charge on any atom is -0.370 e. The number of carbonyl (C=O) groups is 2. The molecule has 1 aromatic carbocycles. The van der Waals surface area contributed by atoms with Crippen LogP contribution in [-0.4, -0.2) is 61.2 Å². The number of benzene rings is 1. The Morgan fingerprint density at radius 3 is 2.56 bits per heavy atom. The summed E-state index contributed by atoms with van der Waals surface area (Å²) in [5.41, 5.74) is 2.53. The van der Waals surface area contributed by atoms with Crippen molar-refractivity contribution in [1.29, 1.82) is 0 Å². The molecule has 2 aromatic rings. The molecule has 2 amide bonds. The van der Waals surface area contributed by atoms with Gasteiger partial charge in [-0.3, -0.25) is 9.59 Å². The number of piperidine rings is 1. The fourth-order valence-corrected chi connectivity index (χ4v) is 4.80. The zero-order valence-corrected chi connectivity index (χ0v) is 18.3. The number of amides is 2. The van der Waals surface area contributed by atoms with E-state index < -0.39 is 0 Å². The fraction of sp³-hybridized carbons (Fsp3) is 0.478. The van der Waals surface area contributed by atoms with Crippen molar-refractivity contribution in [2.75, 3.05) is 54.5 Å². The highest BCUT2D eigenvalue weighted by Gasteiger charge is 2.44. The van der Waals surface area contributed by atoms with Gasteiger partial charge in [0.05, 0.1) is 12.0 Å². The van der Waals surface area contributed by atoms with E-state index in [-0.39, 0.29) is 23.8 Å². The molecule has 0 aliphatic carbocycles. The number of aryl methyl sites for hydroxylation is 1. The van der Waals surface area contributed by atoms with Gasteiger partial charge >= 0.3 is 0 Å². The summed E-state index contributed by atoms with van der Waals surface area (Å²) in [5.74, 6) is 1.62. The van der Waals surface area contributed by atoms with E-state index in [0.717, 1.165) is 61.7 Å². The van der Waals surface area contributed by atoms with Crippen molar-refractivity contribution in [3.8, 4) is 0 Å². The second-order valence-electron chi connectivity index (χ2n) is 8.74. The Kier molecular flexibility index (Phi) is 5.42. The number of hydrogen-bond acceptors (Lipinski definition) is 7. The van der Waals surface area contributed by atoms with E-state index >= 15 is 0 Å². The summed E-state index contributed by atoms with van der Waals surface area (Å²) in [6.45, 7) is 5.67. The van der Waals surface area contributed by atoms with Crippen LogP contribution in [0.25, 0.3) is 0 Å². The summed E-state index contributed by atoms with van der Waals surface area (Å²) in [6, 6.07) is 7.67. The van der Waals surface area contributed by atoms with Crippen molar-refractivity contribution < 1.29 is 14.3 Å². The Morgan fingerprint density at radius 2 is 1.88 bits per heavy atom. The second kappa shape index (κ2) is 8.38. The number of rotatable bonds is 4. The minimum atomic E-state index is -0.192. The first-order valence-electron chi connectivity index (χ1n) is 11.2. The van der Waals surface area contributed by atoms with Crippen LogP contribution in [0, 0.1) is 12.3 Å². The van der Waals surface area contributed by atoms with Crippen molar-refractivity contribution in [3.63, 3.8) is 0 Å². The molecule has 0 unspecified atom stereocenters. The van der Waals surface area contributed by atoms with Gasteiger partial charge in [-0.2, -0.15) is 4.98 Å². The highest BCUT2D eigenvalue weighted by atomic mass is 16.5. The lowest BCUT2D eigenvalue weighted by molar-refractivity contribution is -0.128. The quantitative estimate of drug-likeness (QED) is 0.756. The number of hydrogen-bond donors (Lipinski definition) is 2. The normalized spacial score (nSPS) is 20.5. The Balaban J connectivity index is 1.27. The van der Waals surface area contributed by atoms with E-state index in [9.17, 15) is 9.59 Å². The van der Waals surface area contributed by atoms with Crippen molar-refractivity contribution in [2.45, 2.75) is 26.2 Å². The molecule has 0 atom stereocenters. The summed E-state index contributed by atoms with van der Waals surface area (Å²) >= 11 is 0. The van der Waals surface area contributed by atoms with E-state index in [4.69, 9.17) is 9.72 Å². The topological polar surface area (TPSA) is 99.7 Å². The summed E-state index contributed by atoms with van der Waals surface area (Å²) in [5, 5.41) is 6.26. The van der Waals surface area contributed by atoms with Gasteiger partial charge in [0.25, 0.3) is 5.91 Å². The summed E-state index contributed by atoms with van der Waals surface area (Å²) in [6.07, 6.45) is 4.47. The van der Waals surface area contributed by atoms with Crippen molar-refractivity contribution in [2.24, 2.45) is 5.41 Å². The van der Waals surface area contributed by atoms with E-state index in [1.165, 1.54) is 0 Å². The molecule has 0 radical (unpaired) electrons. The van der Waals surface area contributed by atoms with Crippen LogP contribution in [0.4, 0.5) is 23.1 Å². The number of nitrogens with one attached hydrogen (secondary N) is 2. The van der Waals surface area contributed by atoms with Crippen molar-refractivity contribution in [3.05, 3.63) is 36.0 Å². The van der Waals surface area contributed by atoms with Gasteiger partial charge in [-0.1, -0.05) is 0 Å². The molecular formula is C23H28N6O3. The Hall–Kier alpha value is -3.20. The number of morpholine rings is 1. The molecule has 1 spiro atoms. The molecule has 3 saturated heterocycles. The molecule has 3 aliphatic heterocycles. The summed E-state index contributed by atoms with van der Waals surface area (Å²) < 4.78 is 5.20. The van der Waals surface area contributed by atoms with Gasteiger partial charge in [0.1, 0.15) is 12.4 Å². The molecule has 168 valence electrons. The molecule has 0 saturated carbocycles. The molecule has 5 rings (SSSR count). The van der Waals surface area contributed by atoms with E-state index in [1.54, 1.807) is 4.90 Å². The third kappa shape index (κ3) is 3.88. The number of aromatic nitrogens is 2. The fourth-order valence-electron chi connectivity index (χ4n) is 4.80. The maximum atomic E-state index is 12.3. The molecule has 4 heterocycles. The molecule has 9 nitrogen and oxygen atoms in total. The largest absolute Gasteiger partial charge is 0.370 e. The van der Waals surface area contributed by atoms with Crippen LogP contribution < -0.4 is 20.4 Å². The van der Waals surface area contributed by atoms with Crippen LogP contribution in [0.2, 0.25) is 0 Å². The van der Waals surface area contributed by atoms with Crippen LogP contribution in [0.15, 0.2) is 30.5 Å². The Morgan fingerprint density at radius 1 is 1.09 bits per heavy atom. The monoisotopic (exact) mass is 436 g/mol. The van der Waals surface area contributed by atoms with E-state index in [0.29, 0.717) is 19.1 Å². The van der Waals surface area contributed by atoms with Crippen molar-refractivity contribution in [1.82, 2.24) is 15.3 Å². The molecule has 32 heavy (non-hydrogen) atoms. The number of anilines is 4. The van der Waals surface area contributed by atoms with Gasteiger partial charge in [-0.15, -0.1) is 0 Å². The minimum absolute atomic E-state index is 0.0261. The van der Waals surface area contributed by atoms with Crippen LogP contribution in [0.1, 0.15) is 24.8 Å². The van der Waals surface area contributed by atoms with Crippen LogP contribution in [-0.2, 0) is 14.3 Å². The average Bonchev–Trinajstić information content (AvgIpc) is 3.16. The maximum absolute atomic E-state index is 12.3. The third-order valence-electron chi connectivity index (χ3n) is 6.76.